The van der Waals surface area contributed by atoms with Gasteiger partial charge in [0.25, 0.3) is 0 Å². The number of benzene rings is 2. The minimum absolute atomic E-state index is 0.386. The Hall–Kier alpha value is -1.30. The summed E-state index contributed by atoms with van der Waals surface area (Å²) in [4.78, 5) is 0. The van der Waals surface area contributed by atoms with Crippen molar-refractivity contribution in [3.63, 3.8) is 0 Å². The van der Waals surface area contributed by atoms with Crippen LogP contribution in [-0.2, 0) is 0 Å². The van der Waals surface area contributed by atoms with E-state index in [1.807, 2.05) is 0 Å². The van der Waals surface area contributed by atoms with Crippen LogP contribution in [-0.4, -0.2) is 12.1 Å². The van der Waals surface area contributed by atoms with Gasteiger partial charge in [0.1, 0.15) is 0 Å². The maximum atomic E-state index is 2.68. The molecule has 0 N–H and O–H groups in total. The summed E-state index contributed by atoms with van der Waals surface area (Å²) in [5.74, 6) is 0. The normalized spacial score (nSPS) is 12.3. The Morgan fingerprint density at radius 3 is 1.50 bits per heavy atom. The fourth-order valence-corrected chi connectivity index (χ4v) is 6.19. The van der Waals surface area contributed by atoms with Gasteiger partial charge in [-0.15, -0.1) is 0 Å². The predicted molar refractivity (Wildman–Crippen MR) is 92.7 cm³/mol. The zero-order valence-corrected chi connectivity index (χ0v) is 13.6. The van der Waals surface area contributed by atoms with Gasteiger partial charge in [0.15, 0.2) is 0 Å². The highest BCUT2D eigenvalue weighted by atomic mass is 31.1. The van der Waals surface area contributed by atoms with Crippen molar-refractivity contribution in [1.82, 2.24) is 0 Å². The number of hydrogen-bond acceptors (Lipinski definition) is 1. The van der Waals surface area contributed by atoms with Gasteiger partial charge in [-0.1, -0.05) is 36.4 Å². The third-order valence-corrected chi connectivity index (χ3v) is 6.92. The van der Waals surface area contributed by atoms with Gasteiger partial charge >= 0.3 is 0 Å². The number of fused-ring (bicyclic) bond motifs is 3. The number of rotatable bonds is 3. The molecule has 0 spiro atoms. The van der Waals surface area contributed by atoms with Crippen molar-refractivity contribution in [3.05, 3.63) is 48.5 Å². The topological polar surface area (TPSA) is 3.24 Å². The lowest BCUT2D eigenvalue weighted by Crippen LogP contribution is -2.34. The molecule has 2 heteroatoms. The Balaban J connectivity index is 2.42. The summed E-state index contributed by atoms with van der Waals surface area (Å²) in [6, 6.07) is 19.0. The molecule has 20 heavy (non-hydrogen) atoms. The lowest BCUT2D eigenvalue weighted by molar-refractivity contribution is 0.652. The molecule has 2 aromatic carbocycles. The van der Waals surface area contributed by atoms with Gasteiger partial charge in [-0.05, 0) is 58.3 Å². The summed E-state index contributed by atoms with van der Waals surface area (Å²) in [6.45, 7) is 9.25. The van der Waals surface area contributed by atoms with E-state index < -0.39 is 0 Å². The zero-order valence-electron chi connectivity index (χ0n) is 12.7. The SMILES string of the molecule is CC(C)N(C(C)C)p1c2ccccc2c2ccccc21. The van der Waals surface area contributed by atoms with E-state index in [0.29, 0.717) is 12.1 Å². The molecule has 3 aromatic rings. The molecule has 0 saturated carbocycles. The van der Waals surface area contributed by atoms with Crippen LogP contribution in [0.3, 0.4) is 0 Å². The summed E-state index contributed by atoms with van der Waals surface area (Å²) in [5, 5.41) is 5.90. The zero-order chi connectivity index (χ0) is 14.3. The summed E-state index contributed by atoms with van der Waals surface area (Å²) >= 11 is 0. The molecular weight excluding hydrogens is 261 g/mol. The van der Waals surface area contributed by atoms with Gasteiger partial charge in [-0.2, -0.15) is 0 Å². The first-order valence-corrected chi connectivity index (χ1v) is 8.67. The first-order chi connectivity index (χ1) is 9.61. The number of nitrogens with zero attached hydrogens (tertiary/aromatic N) is 1. The van der Waals surface area contributed by atoms with Gasteiger partial charge in [-0.3, -0.25) is 4.67 Å². The first kappa shape index (κ1) is 13.7. The maximum Gasteiger partial charge on any atom is 0.0167 e. The Kier molecular flexibility index (Phi) is 3.58. The lowest BCUT2D eigenvalue weighted by atomic mass is 10.2. The van der Waals surface area contributed by atoms with E-state index >= 15 is 0 Å². The summed E-state index contributed by atoms with van der Waals surface area (Å²) < 4.78 is 2.68. The monoisotopic (exact) mass is 283 g/mol. The molecule has 1 nitrogen and oxygen atoms in total. The third-order valence-electron chi connectivity index (χ3n) is 3.84. The molecular formula is C18H22NP. The van der Waals surface area contributed by atoms with E-state index in [9.17, 15) is 0 Å². The Morgan fingerprint density at radius 2 is 1.10 bits per heavy atom. The highest BCUT2D eigenvalue weighted by molar-refractivity contribution is 7.62. The van der Waals surface area contributed by atoms with Crippen LogP contribution in [0.4, 0.5) is 0 Å². The Labute approximate surface area is 122 Å². The van der Waals surface area contributed by atoms with Crippen LogP contribution in [0.1, 0.15) is 27.7 Å². The first-order valence-electron chi connectivity index (χ1n) is 7.38. The van der Waals surface area contributed by atoms with Crippen LogP contribution < -0.4 is 4.67 Å². The lowest BCUT2D eigenvalue weighted by Gasteiger charge is -2.31. The van der Waals surface area contributed by atoms with Crippen molar-refractivity contribution in [2.24, 2.45) is 0 Å². The van der Waals surface area contributed by atoms with Crippen LogP contribution in [0.15, 0.2) is 48.5 Å². The molecule has 0 unspecified atom stereocenters. The second-order valence-corrected chi connectivity index (χ2v) is 7.96. The van der Waals surface area contributed by atoms with E-state index in [1.165, 1.54) is 21.0 Å². The van der Waals surface area contributed by atoms with Crippen molar-refractivity contribution in [1.29, 1.82) is 0 Å². The second kappa shape index (κ2) is 5.24. The van der Waals surface area contributed by atoms with Gasteiger partial charge in [0, 0.05) is 22.3 Å². The maximum absolute atomic E-state index is 2.68. The van der Waals surface area contributed by atoms with Gasteiger partial charge in [0.05, 0.1) is 0 Å². The fraction of sp³-hybridized carbons (Fsp3) is 0.333. The molecule has 1 heterocycles. The minimum atomic E-state index is -0.386. The van der Waals surface area contributed by atoms with Crippen LogP contribution >= 0.6 is 7.68 Å². The Morgan fingerprint density at radius 1 is 0.700 bits per heavy atom. The molecule has 0 aliphatic carbocycles. The molecule has 0 bridgehead atoms. The third kappa shape index (κ3) is 2.06. The number of hydrogen-bond donors (Lipinski definition) is 0. The smallest absolute Gasteiger partial charge is 0.0167 e. The van der Waals surface area contributed by atoms with Crippen LogP contribution in [0.2, 0.25) is 0 Å². The molecule has 0 aliphatic heterocycles. The van der Waals surface area contributed by atoms with E-state index in [1.54, 1.807) is 0 Å². The molecule has 1 aromatic heterocycles. The van der Waals surface area contributed by atoms with Crippen molar-refractivity contribution < 1.29 is 0 Å². The van der Waals surface area contributed by atoms with Gasteiger partial charge in [-0.25, -0.2) is 0 Å². The molecule has 0 fully saturated rings. The van der Waals surface area contributed by atoms with Crippen LogP contribution in [0.25, 0.3) is 21.0 Å². The fourth-order valence-electron chi connectivity index (χ4n) is 3.21. The van der Waals surface area contributed by atoms with Crippen LogP contribution in [0.5, 0.6) is 0 Å². The highest BCUT2D eigenvalue weighted by Crippen LogP contribution is 2.51. The largest absolute Gasteiger partial charge is 0.255 e. The van der Waals surface area contributed by atoms with E-state index in [4.69, 9.17) is 0 Å². The average Bonchev–Trinajstić information content (AvgIpc) is 2.74. The van der Waals surface area contributed by atoms with E-state index in [2.05, 4.69) is 80.9 Å². The van der Waals surface area contributed by atoms with Gasteiger partial charge < -0.3 is 0 Å². The molecule has 3 rings (SSSR count). The Bertz CT molecular complexity index is 678. The van der Waals surface area contributed by atoms with Crippen molar-refractivity contribution in [2.45, 2.75) is 39.8 Å². The van der Waals surface area contributed by atoms with E-state index in [-0.39, 0.29) is 7.68 Å². The minimum Gasteiger partial charge on any atom is -0.255 e. The average molecular weight is 283 g/mol. The van der Waals surface area contributed by atoms with Gasteiger partial charge in [0.2, 0.25) is 0 Å². The molecule has 0 amide bonds. The molecule has 0 atom stereocenters. The quantitative estimate of drug-likeness (QED) is 0.593. The molecule has 0 saturated heterocycles. The summed E-state index contributed by atoms with van der Waals surface area (Å²) in [5.41, 5.74) is 0. The van der Waals surface area contributed by atoms with E-state index in [0.717, 1.165) is 0 Å². The molecule has 0 radical (unpaired) electrons. The van der Waals surface area contributed by atoms with Crippen LogP contribution in [0, 0.1) is 0 Å². The molecule has 104 valence electrons. The summed E-state index contributed by atoms with van der Waals surface area (Å²) in [7, 11) is -0.386. The van der Waals surface area contributed by atoms with Crippen molar-refractivity contribution >= 4 is 28.7 Å². The molecule has 0 aliphatic rings. The van der Waals surface area contributed by atoms with Crippen molar-refractivity contribution in [2.75, 3.05) is 4.67 Å². The standard InChI is InChI=1S/C18H22NP/c1-13(2)19(14(3)4)20-17-11-7-5-9-15(17)16-10-6-8-12-18(16)20/h5-14H,1-4H3. The summed E-state index contributed by atoms with van der Waals surface area (Å²) in [6.07, 6.45) is 0. The highest BCUT2D eigenvalue weighted by Gasteiger charge is 2.21. The second-order valence-electron chi connectivity index (χ2n) is 5.91. The van der Waals surface area contributed by atoms with Crippen molar-refractivity contribution in [3.8, 4) is 0 Å². The predicted octanol–water partition coefficient (Wildman–Crippen LogP) is 5.73.